The summed E-state index contributed by atoms with van der Waals surface area (Å²) in [4.78, 5) is 0. The van der Waals surface area contributed by atoms with Crippen molar-refractivity contribution < 1.29 is 17.6 Å². The molecular formula is C12H13F4N. The van der Waals surface area contributed by atoms with E-state index in [9.17, 15) is 17.6 Å². The molecule has 1 aromatic rings. The summed E-state index contributed by atoms with van der Waals surface area (Å²) in [5.74, 6) is -1.10. The second-order valence-electron chi connectivity index (χ2n) is 5.05. The summed E-state index contributed by atoms with van der Waals surface area (Å²) in [7, 11) is 0. The zero-order valence-electron chi connectivity index (χ0n) is 9.48. The van der Waals surface area contributed by atoms with Gasteiger partial charge in [-0.1, -0.05) is 13.8 Å². The Labute approximate surface area is 96.6 Å². The third-order valence-corrected chi connectivity index (χ3v) is 3.56. The minimum Gasteiger partial charge on any atom is -0.327 e. The van der Waals surface area contributed by atoms with E-state index in [2.05, 4.69) is 0 Å². The van der Waals surface area contributed by atoms with Crippen LogP contribution in [-0.2, 0) is 6.18 Å². The molecule has 0 radical (unpaired) electrons. The number of nitrogens with two attached hydrogens (primary N) is 1. The maximum Gasteiger partial charge on any atom is 0.416 e. The largest absolute Gasteiger partial charge is 0.416 e. The Morgan fingerprint density at radius 3 is 2.18 bits per heavy atom. The Morgan fingerprint density at radius 1 is 1.24 bits per heavy atom. The highest BCUT2D eigenvalue weighted by molar-refractivity contribution is 5.41. The van der Waals surface area contributed by atoms with Crippen molar-refractivity contribution in [3.8, 4) is 0 Å². The van der Waals surface area contributed by atoms with E-state index < -0.39 is 28.9 Å². The van der Waals surface area contributed by atoms with Crippen molar-refractivity contribution >= 4 is 0 Å². The molecule has 94 valence electrons. The van der Waals surface area contributed by atoms with Crippen LogP contribution < -0.4 is 5.73 Å². The van der Waals surface area contributed by atoms with Crippen molar-refractivity contribution in [1.29, 1.82) is 0 Å². The first-order valence-corrected chi connectivity index (χ1v) is 5.28. The van der Waals surface area contributed by atoms with Gasteiger partial charge >= 0.3 is 6.18 Å². The lowest BCUT2D eigenvalue weighted by molar-refractivity contribution is -0.138. The predicted molar refractivity (Wildman–Crippen MR) is 55.9 cm³/mol. The van der Waals surface area contributed by atoms with E-state index in [0.717, 1.165) is 18.2 Å². The normalized spacial score (nSPS) is 27.0. The van der Waals surface area contributed by atoms with E-state index in [0.29, 0.717) is 0 Å². The summed E-state index contributed by atoms with van der Waals surface area (Å²) < 4.78 is 51.4. The molecule has 1 saturated carbocycles. The maximum atomic E-state index is 13.1. The zero-order chi connectivity index (χ0) is 13.0. The highest BCUT2D eigenvalue weighted by atomic mass is 19.4. The molecule has 0 aromatic heterocycles. The Balaban J connectivity index is 2.50. The lowest BCUT2D eigenvalue weighted by atomic mass is 9.97. The van der Waals surface area contributed by atoms with Gasteiger partial charge in [0.05, 0.1) is 5.56 Å². The number of alkyl halides is 3. The third-order valence-electron chi connectivity index (χ3n) is 3.56. The van der Waals surface area contributed by atoms with Gasteiger partial charge in [-0.2, -0.15) is 13.2 Å². The first-order valence-electron chi connectivity index (χ1n) is 5.28. The average molecular weight is 247 g/mol. The Kier molecular flexibility index (Phi) is 2.51. The molecule has 0 bridgehead atoms. The molecule has 17 heavy (non-hydrogen) atoms. The first kappa shape index (κ1) is 12.4. The molecule has 0 amide bonds. The van der Waals surface area contributed by atoms with Gasteiger partial charge < -0.3 is 5.73 Å². The van der Waals surface area contributed by atoms with Crippen LogP contribution in [0.15, 0.2) is 18.2 Å². The van der Waals surface area contributed by atoms with Gasteiger partial charge in [0.25, 0.3) is 0 Å². The van der Waals surface area contributed by atoms with Crippen molar-refractivity contribution in [2.45, 2.75) is 32.0 Å². The molecule has 2 atom stereocenters. The second-order valence-corrected chi connectivity index (χ2v) is 5.05. The topological polar surface area (TPSA) is 26.0 Å². The molecule has 2 rings (SSSR count). The average Bonchev–Trinajstić information content (AvgIpc) is 2.63. The van der Waals surface area contributed by atoms with Crippen LogP contribution in [0.25, 0.3) is 0 Å². The van der Waals surface area contributed by atoms with Gasteiger partial charge in [0.1, 0.15) is 5.82 Å². The fraction of sp³-hybridized carbons (Fsp3) is 0.500. The number of hydrogen-bond acceptors (Lipinski definition) is 1. The van der Waals surface area contributed by atoms with Crippen LogP contribution in [0.1, 0.15) is 30.9 Å². The molecular weight excluding hydrogens is 234 g/mol. The molecule has 1 aliphatic rings. The number of rotatable bonds is 1. The van der Waals surface area contributed by atoms with Gasteiger partial charge in [0.15, 0.2) is 0 Å². The minimum absolute atomic E-state index is 0.0324. The van der Waals surface area contributed by atoms with Crippen molar-refractivity contribution in [1.82, 2.24) is 0 Å². The molecule has 0 unspecified atom stereocenters. The summed E-state index contributed by atoms with van der Waals surface area (Å²) >= 11 is 0. The summed E-state index contributed by atoms with van der Waals surface area (Å²) in [6.45, 7) is 3.57. The third kappa shape index (κ3) is 1.92. The summed E-state index contributed by atoms with van der Waals surface area (Å²) in [6.07, 6.45) is -4.47. The quantitative estimate of drug-likeness (QED) is 0.757. The first-order chi connectivity index (χ1) is 7.65. The summed E-state index contributed by atoms with van der Waals surface area (Å²) in [5, 5.41) is 0. The molecule has 0 heterocycles. The summed E-state index contributed by atoms with van der Waals surface area (Å²) in [5.41, 5.74) is 4.52. The molecule has 1 aliphatic carbocycles. The fourth-order valence-electron chi connectivity index (χ4n) is 2.32. The smallest absolute Gasteiger partial charge is 0.327 e. The van der Waals surface area contributed by atoms with Crippen molar-refractivity contribution in [3.63, 3.8) is 0 Å². The van der Waals surface area contributed by atoms with Crippen LogP contribution in [0.4, 0.5) is 17.6 Å². The van der Waals surface area contributed by atoms with E-state index in [-0.39, 0.29) is 11.6 Å². The molecule has 0 spiro atoms. The highest BCUT2D eigenvalue weighted by Crippen LogP contribution is 2.59. The standard InChI is InChI=1S/C12H13F4N/c1-11(2)9(10(11)17)7-5-6(13)3-4-8(7)12(14,15)16/h3-5,9-10H,17H2,1-2H3/t9-,10-/m1/s1. The van der Waals surface area contributed by atoms with Gasteiger partial charge in [-0.05, 0) is 29.2 Å². The van der Waals surface area contributed by atoms with Gasteiger partial charge in [-0.15, -0.1) is 0 Å². The van der Waals surface area contributed by atoms with Crippen LogP contribution in [-0.4, -0.2) is 6.04 Å². The van der Waals surface area contributed by atoms with Crippen LogP contribution in [0.3, 0.4) is 0 Å². The molecule has 0 aliphatic heterocycles. The van der Waals surface area contributed by atoms with E-state index >= 15 is 0 Å². The molecule has 2 N–H and O–H groups in total. The van der Waals surface area contributed by atoms with Gasteiger partial charge in [0.2, 0.25) is 0 Å². The minimum atomic E-state index is -4.47. The predicted octanol–water partition coefficient (Wildman–Crippen LogP) is 3.30. The van der Waals surface area contributed by atoms with E-state index in [1.807, 2.05) is 0 Å². The maximum absolute atomic E-state index is 13.1. The number of benzene rings is 1. The van der Waals surface area contributed by atoms with Crippen LogP contribution >= 0.6 is 0 Å². The molecule has 0 saturated heterocycles. The van der Waals surface area contributed by atoms with Gasteiger partial charge in [-0.25, -0.2) is 4.39 Å². The van der Waals surface area contributed by atoms with Crippen molar-refractivity contribution in [3.05, 3.63) is 35.1 Å². The Bertz CT molecular complexity index is 450. The van der Waals surface area contributed by atoms with Gasteiger partial charge in [-0.3, -0.25) is 0 Å². The van der Waals surface area contributed by atoms with Gasteiger partial charge in [0, 0.05) is 12.0 Å². The van der Waals surface area contributed by atoms with Crippen molar-refractivity contribution in [2.24, 2.45) is 11.1 Å². The molecule has 5 heteroatoms. The fourth-order valence-corrected chi connectivity index (χ4v) is 2.32. The van der Waals surface area contributed by atoms with Crippen LogP contribution in [0.2, 0.25) is 0 Å². The lowest BCUT2D eigenvalue weighted by Gasteiger charge is -2.13. The summed E-state index contributed by atoms with van der Waals surface area (Å²) in [6, 6.07) is 2.20. The Hall–Kier alpha value is -1.10. The highest BCUT2D eigenvalue weighted by Gasteiger charge is 2.58. The number of halogens is 4. The second kappa shape index (κ2) is 3.45. The Morgan fingerprint density at radius 2 is 1.76 bits per heavy atom. The number of hydrogen-bond donors (Lipinski definition) is 1. The molecule has 1 fully saturated rings. The van der Waals surface area contributed by atoms with E-state index in [1.165, 1.54) is 0 Å². The molecule has 1 nitrogen and oxygen atoms in total. The van der Waals surface area contributed by atoms with Crippen LogP contribution in [0.5, 0.6) is 0 Å². The SMILES string of the molecule is CC1(C)[C@H](N)[C@H]1c1cc(F)ccc1C(F)(F)F. The van der Waals surface area contributed by atoms with Crippen molar-refractivity contribution in [2.75, 3.05) is 0 Å². The van der Waals surface area contributed by atoms with E-state index in [4.69, 9.17) is 5.73 Å². The zero-order valence-corrected chi connectivity index (χ0v) is 9.48. The molecule has 1 aromatic carbocycles. The van der Waals surface area contributed by atoms with E-state index in [1.54, 1.807) is 13.8 Å². The van der Waals surface area contributed by atoms with Crippen LogP contribution in [0, 0.1) is 11.2 Å². The monoisotopic (exact) mass is 247 g/mol. The lowest BCUT2D eigenvalue weighted by Crippen LogP contribution is -2.11.